The van der Waals surface area contributed by atoms with Crippen molar-refractivity contribution in [3.8, 4) is 0 Å². The highest BCUT2D eigenvalue weighted by Gasteiger charge is 2.17. The first-order valence-electron chi connectivity index (χ1n) is 5.34. The van der Waals surface area contributed by atoms with Crippen molar-refractivity contribution in [2.24, 2.45) is 5.73 Å². The number of carbonyl (C=O) groups excluding carboxylic acids is 1. The Labute approximate surface area is 96.4 Å². The lowest BCUT2D eigenvalue weighted by Gasteiger charge is -2.28. The number of thiocarbonyl (C=S) groups is 1. The molecule has 0 aromatic rings. The smallest absolute Gasteiger partial charge is 0.236 e. The zero-order valence-corrected chi connectivity index (χ0v) is 10.1. The molecule has 1 aliphatic heterocycles. The Morgan fingerprint density at radius 3 is 2.47 bits per heavy atom. The minimum Gasteiger partial charge on any atom is -0.392 e. The Morgan fingerprint density at radius 2 is 1.93 bits per heavy atom. The van der Waals surface area contributed by atoms with Crippen LogP contribution in [0.3, 0.4) is 0 Å². The van der Waals surface area contributed by atoms with Gasteiger partial charge in [-0.1, -0.05) is 12.2 Å². The van der Waals surface area contributed by atoms with Crippen molar-refractivity contribution in [2.75, 3.05) is 33.2 Å². The number of likely N-dealkylation sites (tertiary alicyclic amines) is 1. The topological polar surface area (TPSA) is 49.6 Å². The maximum absolute atomic E-state index is 11.8. The summed E-state index contributed by atoms with van der Waals surface area (Å²) < 4.78 is 0. The molecule has 0 bridgehead atoms. The van der Waals surface area contributed by atoms with Crippen molar-refractivity contribution < 1.29 is 4.79 Å². The van der Waals surface area contributed by atoms with Gasteiger partial charge in [0.05, 0.1) is 11.5 Å². The summed E-state index contributed by atoms with van der Waals surface area (Å²) in [5.41, 5.74) is 5.41. The lowest BCUT2D eigenvalue weighted by atomic mass is 10.1. The van der Waals surface area contributed by atoms with Crippen LogP contribution >= 0.6 is 12.2 Å². The molecule has 1 heterocycles. The number of rotatable bonds is 4. The fraction of sp³-hybridized carbons (Fsp3) is 0.800. The summed E-state index contributed by atoms with van der Waals surface area (Å²) in [6.45, 7) is 2.73. The Hall–Kier alpha value is -0.680. The number of amides is 1. The highest BCUT2D eigenvalue weighted by atomic mass is 32.1. The number of nitrogens with two attached hydrogens (primary N) is 1. The van der Waals surface area contributed by atoms with E-state index in [4.69, 9.17) is 18.0 Å². The Kier molecular flexibility index (Phi) is 4.98. The van der Waals surface area contributed by atoms with Gasteiger partial charge in [0.15, 0.2) is 0 Å². The van der Waals surface area contributed by atoms with E-state index in [1.807, 2.05) is 16.8 Å². The van der Waals surface area contributed by atoms with Gasteiger partial charge >= 0.3 is 0 Å². The van der Waals surface area contributed by atoms with Crippen molar-refractivity contribution >= 4 is 23.1 Å². The van der Waals surface area contributed by atoms with Gasteiger partial charge in [0.2, 0.25) is 5.91 Å². The first-order valence-corrected chi connectivity index (χ1v) is 5.75. The number of likely N-dealkylation sites (N-methyl/N-ethyl adjacent to an activating group) is 1. The number of hydrogen-bond acceptors (Lipinski definition) is 3. The summed E-state index contributed by atoms with van der Waals surface area (Å²) >= 11 is 4.79. The largest absolute Gasteiger partial charge is 0.392 e. The van der Waals surface area contributed by atoms with Crippen LogP contribution in [0.4, 0.5) is 0 Å². The van der Waals surface area contributed by atoms with E-state index in [0.29, 0.717) is 18.1 Å². The molecule has 0 saturated carbocycles. The zero-order chi connectivity index (χ0) is 11.3. The highest BCUT2D eigenvalue weighted by Crippen LogP contribution is 2.08. The number of hydrogen-bond donors (Lipinski definition) is 1. The minimum atomic E-state index is 0.188. The van der Waals surface area contributed by atoms with E-state index in [2.05, 4.69) is 0 Å². The average molecular weight is 229 g/mol. The molecule has 1 amide bonds. The van der Waals surface area contributed by atoms with Crippen LogP contribution in [0.1, 0.15) is 19.3 Å². The van der Waals surface area contributed by atoms with Gasteiger partial charge in [-0.15, -0.1) is 0 Å². The third kappa shape index (κ3) is 4.57. The third-order valence-electron chi connectivity index (χ3n) is 2.54. The monoisotopic (exact) mass is 229 g/mol. The lowest BCUT2D eigenvalue weighted by Crippen LogP contribution is -2.43. The molecule has 0 unspecified atom stereocenters. The van der Waals surface area contributed by atoms with Crippen molar-refractivity contribution in [2.45, 2.75) is 19.3 Å². The standard InChI is InChI=1S/C10H19N3OS/c1-12(7-9(11)15)8-10(14)13-5-3-2-4-6-13/h2-8H2,1H3,(H2,11,15). The predicted molar refractivity (Wildman–Crippen MR) is 64.7 cm³/mol. The fourth-order valence-corrected chi connectivity index (χ4v) is 2.02. The summed E-state index contributed by atoms with van der Waals surface area (Å²) in [5, 5.41) is 0. The normalized spacial score (nSPS) is 16.8. The first-order chi connectivity index (χ1) is 7.09. The van der Waals surface area contributed by atoms with Gasteiger partial charge in [0.25, 0.3) is 0 Å². The van der Waals surface area contributed by atoms with E-state index in [-0.39, 0.29) is 5.91 Å². The quantitative estimate of drug-likeness (QED) is 0.701. The Bertz CT molecular complexity index is 239. The number of carbonyl (C=O) groups is 1. The molecule has 0 atom stereocenters. The summed E-state index contributed by atoms with van der Waals surface area (Å²) in [6.07, 6.45) is 3.50. The number of nitrogens with zero attached hydrogens (tertiary/aromatic N) is 2. The van der Waals surface area contributed by atoms with Crippen LogP contribution < -0.4 is 5.73 Å². The molecule has 0 spiro atoms. The average Bonchev–Trinajstić information content (AvgIpc) is 2.17. The molecular formula is C10H19N3OS. The SMILES string of the molecule is CN(CC(=O)N1CCCCC1)CC(N)=S. The van der Waals surface area contributed by atoms with E-state index >= 15 is 0 Å². The van der Waals surface area contributed by atoms with Crippen molar-refractivity contribution in [3.63, 3.8) is 0 Å². The van der Waals surface area contributed by atoms with Gasteiger partial charge in [-0.2, -0.15) is 0 Å². The van der Waals surface area contributed by atoms with E-state index < -0.39 is 0 Å². The van der Waals surface area contributed by atoms with Gasteiger partial charge in [-0.25, -0.2) is 0 Å². The van der Waals surface area contributed by atoms with Crippen LogP contribution in [0.5, 0.6) is 0 Å². The predicted octanol–water partition coefficient (Wildman–Crippen LogP) is 0.217. The number of piperidine rings is 1. The molecule has 15 heavy (non-hydrogen) atoms. The van der Waals surface area contributed by atoms with Gasteiger partial charge in [0.1, 0.15) is 0 Å². The van der Waals surface area contributed by atoms with E-state index in [9.17, 15) is 4.79 Å². The van der Waals surface area contributed by atoms with Crippen molar-refractivity contribution in [1.82, 2.24) is 9.80 Å². The summed E-state index contributed by atoms with van der Waals surface area (Å²) in [6, 6.07) is 0. The summed E-state index contributed by atoms with van der Waals surface area (Å²) in [7, 11) is 1.86. The van der Waals surface area contributed by atoms with E-state index in [1.165, 1.54) is 6.42 Å². The molecule has 2 N–H and O–H groups in total. The van der Waals surface area contributed by atoms with Gasteiger partial charge in [-0.3, -0.25) is 9.69 Å². The third-order valence-corrected chi connectivity index (χ3v) is 2.67. The van der Waals surface area contributed by atoms with Gasteiger partial charge < -0.3 is 10.6 Å². The molecule has 0 aromatic heterocycles. The Morgan fingerprint density at radius 1 is 1.33 bits per heavy atom. The second kappa shape index (κ2) is 6.02. The van der Waals surface area contributed by atoms with Gasteiger partial charge in [-0.05, 0) is 26.3 Å². The van der Waals surface area contributed by atoms with E-state index in [0.717, 1.165) is 25.9 Å². The van der Waals surface area contributed by atoms with E-state index in [1.54, 1.807) is 0 Å². The maximum Gasteiger partial charge on any atom is 0.236 e. The molecule has 1 rings (SSSR count). The Balaban J connectivity index is 2.30. The second-order valence-corrected chi connectivity index (χ2v) is 4.60. The molecule has 0 aromatic carbocycles. The first kappa shape index (κ1) is 12.4. The minimum absolute atomic E-state index is 0.188. The van der Waals surface area contributed by atoms with Crippen molar-refractivity contribution in [1.29, 1.82) is 0 Å². The molecule has 0 aliphatic carbocycles. The zero-order valence-electron chi connectivity index (χ0n) is 9.24. The molecule has 0 radical (unpaired) electrons. The molecule has 1 fully saturated rings. The lowest BCUT2D eigenvalue weighted by molar-refractivity contribution is -0.132. The van der Waals surface area contributed by atoms with Crippen LogP contribution in [0.15, 0.2) is 0 Å². The van der Waals surface area contributed by atoms with Crippen LogP contribution in [-0.2, 0) is 4.79 Å². The van der Waals surface area contributed by atoms with Crippen LogP contribution in [0, 0.1) is 0 Å². The highest BCUT2D eigenvalue weighted by molar-refractivity contribution is 7.80. The van der Waals surface area contributed by atoms with Crippen molar-refractivity contribution in [3.05, 3.63) is 0 Å². The second-order valence-electron chi connectivity index (χ2n) is 4.08. The molecule has 86 valence electrons. The van der Waals surface area contributed by atoms with Crippen LogP contribution in [0.25, 0.3) is 0 Å². The maximum atomic E-state index is 11.8. The fourth-order valence-electron chi connectivity index (χ4n) is 1.80. The molecule has 1 aliphatic rings. The van der Waals surface area contributed by atoms with Crippen LogP contribution in [-0.4, -0.2) is 53.9 Å². The molecule has 1 saturated heterocycles. The summed E-state index contributed by atoms with van der Waals surface area (Å²) in [4.78, 5) is 16.0. The molecule has 4 nitrogen and oxygen atoms in total. The van der Waals surface area contributed by atoms with Gasteiger partial charge in [0, 0.05) is 19.6 Å². The molecular weight excluding hydrogens is 210 g/mol. The molecule has 5 heteroatoms. The summed E-state index contributed by atoms with van der Waals surface area (Å²) in [5.74, 6) is 0.188. The van der Waals surface area contributed by atoms with Crippen LogP contribution in [0.2, 0.25) is 0 Å².